The lowest BCUT2D eigenvalue weighted by Crippen LogP contribution is -2.48. The number of pyridine rings is 1. The molecular weight excluding hydrogens is 602 g/mol. The van der Waals surface area contributed by atoms with Crippen LogP contribution in [0.15, 0.2) is 71.7 Å². The molecule has 0 radical (unpaired) electrons. The quantitative estimate of drug-likeness (QED) is 0.115. The number of aliphatic hydroxyl groups is 1. The van der Waals surface area contributed by atoms with Gasteiger partial charge >= 0.3 is 0 Å². The van der Waals surface area contributed by atoms with Crippen molar-refractivity contribution in [3.63, 3.8) is 0 Å². The number of rotatable bonds is 15. The van der Waals surface area contributed by atoms with Crippen molar-refractivity contribution < 1.29 is 33.0 Å². The average Bonchev–Trinajstić information content (AvgIpc) is 3.43. The number of para-hydroxylation sites is 1. The number of aliphatic hydroxyl groups excluding tert-OH is 1. The first-order valence-electron chi connectivity index (χ1n) is 14.4. The van der Waals surface area contributed by atoms with Crippen LogP contribution in [0, 0.1) is 11.6 Å². The number of methoxy groups -OCH3 is 1. The summed E-state index contributed by atoms with van der Waals surface area (Å²) in [5.41, 5.74) is 0.787. The summed E-state index contributed by atoms with van der Waals surface area (Å²) in [6.07, 6.45) is 4.01. The Morgan fingerprint density at radius 2 is 1.98 bits per heavy atom. The molecule has 2 aromatic heterocycles. The van der Waals surface area contributed by atoms with Crippen LogP contribution >= 0.6 is 0 Å². The number of fused-ring (bicyclic) bond motifs is 1. The topological polar surface area (TPSA) is 151 Å². The lowest BCUT2D eigenvalue weighted by atomic mass is 10.1. The molecular formula is C32H36F2N6O6. The third kappa shape index (κ3) is 9.06. The van der Waals surface area contributed by atoms with Crippen LogP contribution in [-0.2, 0) is 27.5 Å². The number of allylic oxidation sites excluding steroid dienone is 1. The summed E-state index contributed by atoms with van der Waals surface area (Å²) in [7, 11) is 4.66. The third-order valence-electron chi connectivity index (χ3n) is 6.88. The monoisotopic (exact) mass is 638 g/mol. The SMILES string of the molecule is COCC(O)N[C@@H](CC/C=C/C(=O)N(C)C)C(=O)Nc1cccn(Cc2nc3cccc(OCc4ccc(F)cc4F)c3[nH]2)c1=O. The first-order chi connectivity index (χ1) is 22.0. The zero-order valence-corrected chi connectivity index (χ0v) is 25.6. The van der Waals surface area contributed by atoms with E-state index in [2.05, 4.69) is 20.6 Å². The largest absolute Gasteiger partial charge is 0.487 e. The molecule has 0 aliphatic heterocycles. The molecule has 14 heteroatoms. The van der Waals surface area contributed by atoms with Crippen LogP contribution in [-0.4, -0.2) is 76.4 Å². The van der Waals surface area contributed by atoms with Crippen LogP contribution in [0.1, 0.15) is 24.2 Å². The van der Waals surface area contributed by atoms with Gasteiger partial charge in [-0.15, -0.1) is 0 Å². The van der Waals surface area contributed by atoms with Gasteiger partial charge in [-0.1, -0.05) is 12.1 Å². The van der Waals surface area contributed by atoms with E-state index in [0.29, 0.717) is 29.0 Å². The van der Waals surface area contributed by atoms with Gasteiger partial charge in [-0.05, 0) is 55.3 Å². The van der Waals surface area contributed by atoms with E-state index in [1.54, 1.807) is 50.6 Å². The Bertz CT molecular complexity index is 1750. The van der Waals surface area contributed by atoms with Crippen molar-refractivity contribution in [1.82, 2.24) is 24.8 Å². The number of likely N-dealkylation sites (N-methyl/N-ethyl adjacent to an activating group) is 1. The number of nitrogens with zero attached hydrogens (tertiary/aromatic N) is 3. The van der Waals surface area contributed by atoms with E-state index in [1.165, 1.54) is 34.8 Å². The third-order valence-corrected chi connectivity index (χ3v) is 6.88. The molecule has 2 heterocycles. The van der Waals surface area contributed by atoms with Crippen molar-refractivity contribution in [2.24, 2.45) is 0 Å². The van der Waals surface area contributed by atoms with E-state index in [-0.39, 0.29) is 43.3 Å². The number of ether oxygens (including phenoxy) is 2. The van der Waals surface area contributed by atoms with Gasteiger partial charge in [0.2, 0.25) is 11.8 Å². The number of H-pyrrole nitrogens is 1. The van der Waals surface area contributed by atoms with Gasteiger partial charge in [0.1, 0.15) is 47.2 Å². The molecule has 2 amide bonds. The van der Waals surface area contributed by atoms with E-state index in [1.807, 2.05) is 0 Å². The molecule has 12 nitrogen and oxygen atoms in total. The highest BCUT2D eigenvalue weighted by Crippen LogP contribution is 2.25. The summed E-state index contributed by atoms with van der Waals surface area (Å²) < 4.78 is 39.4. The van der Waals surface area contributed by atoms with Gasteiger partial charge in [0, 0.05) is 39.0 Å². The van der Waals surface area contributed by atoms with Crippen molar-refractivity contribution in [2.75, 3.05) is 33.1 Å². The van der Waals surface area contributed by atoms with Crippen LogP contribution in [0.4, 0.5) is 14.5 Å². The summed E-state index contributed by atoms with van der Waals surface area (Å²) in [5, 5.41) is 15.6. The van der Waals surface area contributed by atoms with Crippen molar-refractivity contribution in [3.05, 3.63) is 100 Å². The molecule has 0 saturated carbocycles. The average molecular weight is 639 g/mol. The van der Waals surface area contributed by atoms with Crippen LogP contribution in [0.25, 0.3) is 11.0 Å². The minimum absolute atomic E-state index is 0.0142. The highest BCUT2D eigenvalue weighted by Gasteiger charge is 2.22. The molecule has 2 aromatic carbocycles. The van der Waals surface area contributed by atoms with E-state index < -0.39 is 35.4 Å². The summed E-state index contributed by atoms with van der Waals surface area (Å²) in [5.74, 6) is -1.34. The van der Waals surface area contributed by atoms with E-state index in [0.717, 1.165) is 12.1 Å². The highest BCUT2D eigenvalue weighted by molar-refractivity contribution is 5.94. The van der Waals surface area contributed by atoms with Crippen LogP contribution in [0.5, 0.6) is 5.75 Å². The lowest BCUT2D eigenvalue weighted by Gasteiger charge is -2.21. The first kappa shape index (κ1) is 34.0. The van der Waals surface area contributed by atoms with Gasteiger partial charge in [0.15, 0.2) is 0 Å². The predicted octanol–water partition coefficient (Wildman–Crippen LogP) is 2.92. The number of carbonyl (C=O) groups is 2. The number of carbonyl (C=O) groups excluding carboxylic acids is 2. The standard InChI is InChI=1S/C32H36F2N6O6/c1-39(2)29(42)12-5-4-8-24(36-28(41)19-45-3)31(43)37-25-10-7-15-40(32(25)44)17-27-35-23-9-6-11-26(30(23)38-27)46-18-20-13-14-21(33)16-22(20)34/h5-7,9-16,24,28,36,41H,4,8,17-19H2,1-3H3,(H,35,38)(H,37,43)/b12-5+/t24-,28?/m0/s1. The van der Waals surface area contributed by atoms with Gasteiger partial charge in [-0.25, -0.2) is 13.8 Å². The number of anilines is 1. The van der Waals surface area contributed by atoms with Crippen molar-refractivity contribution >= 4 is 28.5 Å². The summed E-state index contributed by atoms with van der Waals surface area (Å²) >= 11 is 0. The number of hydrogen-bond donors (Lipinski definition) is 4. The lowest BCUT2D eigenvalue weighted by molar-refractivity contribution is -0.123. The molecule has 244 valence electrons. The Labute approximate surface area is 263 Å². The number of nitrogens with one attached hydrogen (secondary N) is 3. The molecule has 0 fully saturated rings. The molecule has 4 aromatic rings. The van der Waals surface area contributed by atoms with Crippen molar-refractivity contribution in [2.45, 2.75) is 38.3 Å². The fraction of sp³-hybridized carbons (Fsp3) is 0.312. The summed E-state index contributed by atoms with van der Waals surface area (Å²) in [6, 6.07) is 10.6. The Morgan fingerprint density at radius 1 is 1.17 bits per heavy atom. The Balaban J connectivity index is 1.47. The molecule has 0 saturated heterocycles. The predicted molar refractivity (Wildman–Crippen MR) is 167 cm³/mol. The molecule has 0 aliphatic rings. The van der Waals surface area contributed by atoms with Gasteiger partial charge in [-0.3, -0.25) is 19.7 Å². The normalized spacial score (nSPS) is 12.7. The van der Waals surface area contributed by atoms with Crippen LogP contribution < -0.4 is 20.9 Å². The van der Waals surface area contributed by atoms with E-state index in [9.17, 15) is 28.3 Å². The molecule has 4 rings (SSSR count). The molecule has 0 aliphatic carbocycles. The molecule has 1 unspecified atom stereocenters. The number of aromatic nitrogens is 3. The number of imidazole rings is 1. The second-order valence-electron chi connectivity index (χ2n) is 10.6. The Morgan fingerprint density at radius 3 is 2.72 bits per heavy atom. The number of benzene rings is 2. The fourth-order valence-electron chi connectivity index (χ4n) is 4.51. The smallest absolute Gasteiger partial charge is 0.274 e. The Hall–Kier alpha value is -4.92. The Kier molecular flexibility index (Phi) is 11.7. The summed E-state index contributed by atoms with van der Waals surface area (Å²) in [6.45, 7) is -0.171. The zero-order valence-electron chi connectivity index (χ0n) is 25.6. The number of aromatic amines is 1. The first-order valence-corrected chi connectivity index (χ1v) is 14.4. The van der Waals surface area contributed by atoms with Crippen LogP contribution in [0.3, 0.4) is 0 Å². The minimum Gasteiger partial charge on any atom is -0.487 e. The number of halogens is 2. The highest BCUT2D eigenvalue weighted by atomic mass is 19.1. The van der Waals surface area contributed by atoms with Crippen molar-refractivity contribution in [1.29, 1.82) is 0 Å². The fourth-order valence-corrected chi connectivity index (χ4v) is 4.51. The molecule has 0 bridgehead atoms. The van der Waals surface area contributed by atoms with E-state index in [4.69, 9.17) is 9.47 Å². The maximum Gasteiger partial charge on any atom is 0.274 e. The van der Waals surface area contributed by atoms with Gasteiger partial charge < -0.3 is 34.3 Å². The van der Waals surface area contributed by atoms with E-state index >= 15 is 0 Å². The van der Waals surface area contributed by atoms with Crippen LogP contribution in [0.2, 0.25) is 0 Å². The number of hydrogen-bond acceptors (Lipinski definition) is 8. The van der Waals surface area contributed by atoms with Gasteiger partial charge in [-0.2, -0.15) is 0 Å². The maximum atomic E-state index is 14.1. The number of amides is 2. The maximum absolute atomic E-state index is 14.1. The van der Waals surface area contributed by atoms with Crippen molar-refractivity contribution in [3.8, 4) is 5.75 Å². The molecule has 0 spiro atoms. The van der Waals surface area contributed by atoms with Gasteiger partial charge in [0.05, 0.1) is 24.7 Å². The zero-order chi connectivity index (χ0) is 33.2. The second kappa shape index (κ2) is 15.9. The summed E-state index contributed by atoms with van der Waals surface area (Å²) in [4.78, 5) is 47.4. The second-order valence-corrected chi connectivity index (χ2v) is 10.6. The molecule has 46 heavy (non-hydrogen) atoms. The molecule has 4 N–H and O–H groups in total. The minimum atomic E-state index is -1.14. The molecule has 2 atom stereocenters. The van der Waals surface area contributed by atoms with Gasteiger partial charge in [0.25, 0.3) is 5.56 Å².